The van der Waals surface area contributed by atoms with Gasteiger partial charge in [-0.1, -0.05) is 13.8 Å². The molecule has 3 nitrogen and oxygen atoms in total. The zero-order valence-electron chi connectivity index (χ0n) is 6.35. The number of aliphatic hydroxyl groups is 1. The predicted molar refractivity (Wildman–Crippen MR) is 37.2 cm³/mol. The maximum atomic E-state index is 11.1. The van der Waals surface area contributed by atoms with Crippen molar-refractivity contribution >= 4 is 5.91 Å². The smallest absolute Gasteiger partial charge is 0.227 e. The first-order valence-corrected chi connectivity index (χ1v) is 3.51. The summed E-state index contributed by atoms with van der Waals surface area (Å²) in [6.07, 6.45) is 0.805. The predicted octanol–water partition coefficient (Wildman–Crippen LogP) is 0.241. The zero-order chi connectivity index (χ0) is 7.78. The van der Waals surface area contributed by atoms with Crippen LogP contribution in [0.2, 0.25) is 0 Å². The van der Waals surface area contributed by atoms with E-state index in [0.29, 0.717) is 6.42 Å². The number of hydrogen-bond donors (Lipinski definition) is 2. The van der Waals surface area contributed by atoms with E-state index in [0.717, 1.165) is 6.42 Å². The van der Waals surface area contributed by atoms with Gasteiger partial charge in [0.1, 0.15) is 6.23 Å². The number of hydrogen-bond acceptors (Lipinski definition) is 2. The molecule has 1 atom stereocenters. The molecule has 0 saturated carbocycles. The highest BCUT2D eigenvalue weighted by Gasteiger charge is 2.33. The van der Waals surface area contributed by atoms with Crippen molar-refractivity contribution in [1.29, 1.82) is 0 Å². The van der Waals surface area contributed by atoms with Crippen LogP contribution in [0.4, 0.5) is 0 Å². The molecule has 3 heteroatoms. The minimum Gasteiger partial charge on any atom is -0.374 e. The fourth-order valence-electron chi connectivity index (χ4n) is 1.03. The second-order valence-electron chi connectivity index (χ2n) is 3.41. The van der Waals surface area contributed by atoms with E-state index in [9.17, 15) is 4.79 Å². The zero-order valence-corrected chi connectivity index (χ0v) is 6.35. The second kappa shape index (κ2) is 2.23. The summed E-state index contributed by atoms with van der Waals surface area (Å²) in [5.41, 5.74) is -0.292. The molecule has 1 rings (SSSR count). The average Bonchev–Trinajstić information content (AvgIpc) is 1.81. The van der Waals surface area contributed by atoms with E-state index in [1.54, 1.807) is 0 Å². The van der Waals surface area contributed by atoms with Gasteiger partial charge in [0.15, 0.2) is 0 Å². The van der Waals surface area contributed by atoms with Gasteiger partial charge in [0.05, 0.1) is 0 Å². The Morgan fingerprint density at radius 3 is 2.70 bits per heavy atom. The van der Waals surface area contributed by atoms with Gasteiger partial charge < -0.3 is 10.4 Å². The highest BCUT2D eigenvalue weighted by atomic mass is 16.3. The maximum Gasteiger partial charge on any atom is 0.227 e. The molecule has 0 aliphatic carbocycles. The van der Waals surface area contributed by atoms with E-state index >= 15 is 0 Å². The van der Waals surface area contributed by atoms with Gasteiger partial charge in [-0.2, -0.15) is 0 Å². The molecule has 1 unspecified atom stereocenters. The summed E-state index contributed by atoms with van der Waals surface area (Å²) in [4.78, 5) is 11.1. The number of carbonyl (C=O) groups excluding carboxylic acids is 1. The van der Waals surface area contributed by atoms with E-state index in [4.69, 9.17) is 5.11 Å². The standard InChI is InChI=1S/C7H13NO2/c1-7(2)4-3-5(9)8-6(7)10/h5,9H,3-4H2,1-2H3,(H,8,10). The van der Waals surface area contributed by atoms with Crippen molar-refractivity contribution in [3.63, 3.8) is 0 Å². The molecule has 1 fully saturated rings. The van der Waals surface area contributed by atoms with E-state index in [2.05, 4.69) is 5.32 Å². The molecule has 0 spiro atoms. The molecule has 0 aromatic heterocycles. The van der Waals surface area contributed by atoms with Gasteiger partial charge in [-0.15, -0.1) is 0 Å². The summed E-state index contributed by atoms with van der Waals surface area (Å²) in [6.45, 7) is 3.77. The van der Waals surface area contributed by atoms with Crippen LogP contribution in [-0.2, 0) is 4.79 Å². The molecule has 1 aliphatic heterocycles. The Labute approximate surface area is 60.4 Å². The lowest BCUT2D eigenvalue weighted by Crippen LogP contribution is -2.48. The van der Waals surface area contributed by atoms with Crippen LogP contribution >= 0.6 is 0 Å². The molecule has 10 heavy (non-hydrogen) atoms. The Kier molecular flexibility index (Phi) is 1.68. The Hall–Kier alpha value is -0.570. The molecule has 0 bridgehead atoms. The van der Waals surface area contributed by atoms with Crippen LogP contribution in [0.25, 0.3) is 0 Å². The Morgan fingerprint density at radius 2 is 2.30 bits per heavy atom. The number of carbonyl (C=O) groups is 1. The molecule has 0 radical (unpaired) electrons. The van der Waals surface area contributed by atoms with E-state index in [1.807, 2.05) is 13.8 Å². The Bertz CT molecular complexity index is 154. The van der Waals surface area contributed by atoms with Gasteiger partial charge in [0.25, 0.3) is 0 Å². The largest absolute Gasteiger partial charge is 0.374 e. The summed E-state index contributed by atoms with van der Waals surface area (Å²) >= 11 is 0. The quantitative estimate of drug-likeness (QED) is 0.510. The van der Waals surface area contributed by atoms with E-state index in [1.165, 1.54) is 0 Å². The molecular formula is C7H13NO2. The summed E-state index contributed by atoms with van der Waals surface area (Å²) in [7, 11) is 0. The number of amides is 1. The van der Waals surface area contributed by atoms with Gasteiger partial charge in [-0.3, -0.25) is 4.79 Å². The highest BCUT2D eigenvalue weighted by Crippen LogP contribution is 2.26. The Morgan fingerprint density at radius 1 is 1.70 bits per heavy atom. The topological polar surface area (TPSA) is 49.3 Å². The van der Waals surface area contributed by atoms with Crippen LogP contribution in [-0.4, -0.2) is 17.2 Å². The van der Waals surface area contributed by atoms with Gasteiger partial charge >= 0.3 is 0 Å². The van der Waals surface area contributed by atoms with Crippen molar-refractivity contribution in [2.75, 3.05) is 0 Å². The molecule has 1 aliphatic rings. The van der Waals surface area contributed by atoms with Crippen LogP contribution in [0, 0.1) is 5.41 Å². The fourth-order valence-corrected chi connectivity index (χ4v) is 1.03. The average molecular weight is 143 g/mol. The number of rotatable bonds is 0. The van der Waals surface area contributed by atoms with E-state index < -0.39 is 6.23 Å². The van der Waals surface area contributed by atoms with Gasteiger partial charge in [0.2, 0.25) is 5.91 Å². The minimum absolute atomic E-state index is 0.0498. The molecule has 58 valence electrons. The monoisotopic (exact) mass is 143 g/mol. The van der Waals surface area contributed by atoms with Crippen LogP contribution in [0.15, 0.2) is 0 Å². The van der Waals surface area contributed by atoms with Gasteiger partial charge in [-0.25, -0.2) is 0 Å². The van der Waals surface area contributed by atoms with Gasteiger partial charge in [-0.05, 0) is 12.8 Å². The Balaban J connectivity index is 2.61. The van der Waals surface area contributed by atoms with Crippen molar-refractivity contribution in [2.45, 2.75) is 32.9 Å². The van der Waals surface area contributed by atoms with Crippen molar-refractivity contribution in [2.24, 2.45) is 5.41 Å². The fraction of sp³-hybridized carbons (Fsp3) is 0.857. The molecule has 0 aromatic rings. The van der Waals surface area contributed by atoms with Crippen molar-refractivity contribution in [3.8, 4) is 0 Å². The van der Waals surface area contributed by atoms with Crippen molar-refractivity contribution in [3.05, 3.63) is 0 Å². The number of nitrogens with one attached hydrogen (secondary N) is 1. The molecule has 1 saturated heterocycles. The molecular weight excluding hydrogens is 130 g/mol. The normalized spacial score (nSPS) is 31.5. The lowest BCUT2D eigenvalue weighted by molar-refractivity contribution is -0.137. The van der Waals surface area contributed by atoms with Crippen molar-refractivity contribution < 1.29 is 9.90 Å². The summed E-state index contributed by atoms with van der Waals surface area (Å²) in [5, 5.41) is 11.5. The van der Waals surface area contributed by atoms with Crippen LogP contribution in [0.3, 0.4) is 0 Å². The molecule has 0 aromatic carbocycles. The third kappa shape index (κ3) is 1.29. The van der Waals surface area contributed by atoms with Crippen LogP contribution < -0.4 is 5.32 Å². The molecule has 1 amide bonds. The second-order valence-corrected chi connectivity index (χ2v) is 3.41. The van der Waals surface area contributed by atoms with E-state index in [-0.39, 0.29) is 11.3 Å². The number of piperidine rings is 1. The highest BCUT2D eigenvalue weighted by molar-refractivity contribution is 5.82. The van der Waals surface area contributed by atoms with Crippen LogP contribution in [0.5, 0.6) is 0 Å². The summed E-state index contributed by atoms with van der Waals surface area (Å²) in [5.74, 6) is -0.0498. The minimum atomic E-state index is -0.625. The third-order valence-electron chi connectivity index (χ3n) is 1.96. The SMILES string of the molecule is CC1(C)CCC(O)NC1=O. The lowest BCUT2D eigenvalue weighted by atomic mass is 9.84. The molecule has 1 heterocycles. The maximum absolute atomic E-state index is 11.1. The summed E-state index contributed by atoms with van der Waals surface area (Å²) in [6, 6.07) is 0. The van der Waals surface area contributed by atoms with Gasteiger partial charge in [0, 0.05) is 5.41 Å². The molecule has 2 N–H and O–H groups in total. The lowest BCUT2D eigenvalue weighted by Gasteiger charge is -2.31. The van der Waals surface area contributed by atoms with Crippen LogP contribution in [0.1, 0.15) is 26.7 Å². The first-order chi connectivity index (χ1) is 4.52. The first kappa shape index (κ1) is 7.54. The summed E-state index contributed by atoms with van der Waals surface area (Å²) < 4.78 is 0. The third-order valence-corrected chi connectivity index (χ3v) is 1.96. The van der Waals surface area contributed by atoms with Crippen molar-refractivity contribution in [1.82, 2.24) is 5.32 Å². The first-order valence-electron chi connectivity index (χ1n) is 3.51. The number of aliphatic hydroxyl groups excluding tert-OH is 1.